The molecule has 1 aromatic carbocycles. The fourth-order valence-electron chi connectivity index (χ4n) is 3.58. The smallest absolute Gasteiger partial charge is 0.243 e. The average molecular weight is 330 g/mol. The lowest BCUT2D eigenvalue weighted by atomic mass is 10.0. The molecule has 1 heterocycles. The molecule has 1 aliphatic heterocycles. The fraction of sp³-hybridized carbons (Fsp3) is 0.579. The summed E-state index contributed by atoms with van der Waals surface area (Å²) in [6.45, 7) is 0. The molecule has 1 aromatic rings. The Morgan fingerprint density at radius 1 is 1.00 bits per heavy atom. The molecular formula is C19H26N2O3. The van der Waals surface area contributed by atoms with Gasteiger partial charge in [-0.25, -0.2) is 5.01 Å². The van der Waals surface area contributed by atoms with Crippen LogP contribution in [0.4, 0.5) is 0 Å². The molecule has 0 spiro atoms. The molecule has 5 nitrogen and oxygen atoms in total. The molecule has 2 aliphatic rings. The van der Waals surface area contributed by atoms with Crippen LogP contribution in [0.25, 0.3) is 0 Å². The van der Waals surface area contributed by atoms with Gasteiger partial charge in [0.25, 0.3) is 0 Å². The molecule has 3 rings (SSSR count). The van der Waals surface area contributed by atoms with Crippen LogP contribution < -0.4 is 9.47 Å². The van der Waals surface area contributed by atoms with Gasteiger partial charge in [-0.2, -0.15) is 5.10 Å². The van der Waals surface area contributed by atoms with Crippen LogP contribution in [0, 0.1) is 0 Å². The Hall–Kier alpha value is -2.04. The number of benzene rings is 1. The van der Waals surface area contributed by atoms with E-state index in [1.54, 1.807) is 19.2 Å². The Morgan fingerprint density at radius 3 is 2.38 bits per heavy atom. The van der Waals surface area contributed by atoms with Crippen molar-refractivity contribution in [2.75, 3.05) is 14.2 Å². The summed E-state index contributed by atoms with van der Waals surface area (Å²) >= 11 is 0. The van der Waals surface area contributed by atoms with Crippen LogP contribution >= 0.6 is 0 Å². The van der Waals surface area contributed by atoms with Gasteiger partial charge < -0.3 is 9.47 Å². The SMILES string of the molecule is COc1ccc(C2=NN(C3CCCCCC3)C(=O)CC2)cc1OC. The van der Waals surface area contributed by atoms with Crippen molar-refractivity contribution in [2.24, 2.45) is 5.10 Å². The molecule has 0 aromatic heterocycles. The fourth-order valence-corrected chi connectivity index (χ4v) is 3.58. The molecule has 0 atom stereocenters. The van der Waals surface area contributed by atoms with Crippen molar-refractivity contribution in [3.05, 3.63) is 23.8 Å². The summed E-state index contributed by atoms with van der Waals surface area (Å²) in [5.41, 5.74) is 1.96. The monoisotopic (exact) mass is 330 g/mol. The average Bonchev–Trinajstić information content (AvgIpc) is 2.91. The maximum atomic E-state index is 12.4. The maximum absolute atomic E-state index is 12.4. The predicted octanol–water partition coefficient (Wildman–Crippen LogP) is 3.75. The Labute approximate surface area is 143 Å². The second-order valence-corrected chi connectivity index (χ2v) is 6.50. The van der Waals surface area contributed by atoms with E-state index in [-0.39, 0.29) is 11.9 Å². The first-order valence-electron chi connectivity index (χ1n) is 8.85. The molecule has 1 fully saturated rings. The zero-order valence-electron chi connectivity index (χ0n) is 14.6. The van der Waals surface area contributed by atoms with E-state index in [0.717, 1.165) is 24.1 Å². The second-order valence-electron chi connectivity index (χ2n) is 6.50. The minimum absolute atomic E-state index is 0.158. The summed E-state index contributed by atoms with van der Waals surface area (Å²) in [5.74, 6) is 1.55. The number of ether oxygens (including phenoxy) is 2. The summed E-state index contributed by atoms with van der Waals surface area (Å²) in [4.78, 5) is 12.4. The first-order valence-corrected chi connectivity index (χ1v) is 8.85. The second kappa shape index (κ2) is 7.69. The highest BCUT2D eigenvalue weighted by Gasteiger charge is 2.28. The van der Waals surface area contributed by atoms with E-state index in [2.05, 4.69) is 0 Å². The third-order valence-electron chi connectivity index (χ3n) is 4.95. The standard InChI is InChI=1S/C19H26N2O3/c1-23-17-11-9-14(13-18(17)24-2)16-10-12-19(22)21(20-16)15-7-5-3-4-6-8-15/h9,11,13,15H,3-8,10,12H2,1-2H3. The molecule has 1 aliphatic carbocycles. The van der Waals surface area contributed by atoms with Gasteiger partial charge in [0.2, 0.25) is 5.91 Å². The van der Waals surface area contributed by atoms with E-state index in [1.165, 1.54) is 25.7 Å². The van der Waals surface area contributed by atoms with Crippen molar-refractivity contribution < 1.29 is 14.3 Å². The van der Waals surface area contributed by atoms with Gasteiger partial charge >= 0.3 is 0 Å². The molecule has 24 heavy (non-hydrogen) atoms. The van der Waals surface area contributed by atoms with E-state index in [1.807, 2.05) is 18.2 Å². The summed E-state index contributed by atoms with van der Waals surface area (Å²) < 4.78 is 10.7. The van der Waals surface area contributed by atoms with Gasteiger partial charge in [-0.3, -0.25) is 4.79 Å². The van der Waals surface area contributed by atoms with Crippen molar-refractivity contribution in [2.45, 2.75) is 57.4 Å². The number of hydrogen-bond acceptors (Lipinski definition) is 4. The van der Waals surface area contributed by atoms with Crippen molar-refractivity contribution in [1.82, 2.24) is 5.01 Å². The van der Waals surface area contributed by atoms with Gasteiger partial charge in [-0.05, 0) is 31.0 Å². The maximum Gasteiger partial charge on any atom is 0.243 e. The van der Waals surface area contributed by atoms with Crippen molar-refractivity contribution in [1.29, 1.82) is 0 Å². The molecule has 0 saturated heterocycles. The molecule has 0 radical (unpaired) electrons. The quantitative estimate of drug-likeness (QED) is 0.790. The molecule has 0 N–H and O–H groups in total. The van der Waals surface area contributed by atoms with Gasteiger partial charge in [0.1, 0.15) is 0 Å². The largest absolute Gasteiger partial charge is 0.493 e. The highest BCUT2D eigenvalue weighted by atomic mass is 16.5. The highest BCUT2D eigenvalue weighted by molar-refractivity contribution is 6.04. The number of amides is 1. The lowest BCUT2D eigenvalue weighted by molar-refractivity contribution is -0.134. The number of methoxy groups -OCH3 is 2. The number of rotatable bonds is 4. The summed E-state index contributed by atoms with van der Waals surface area (Å²) in [7, 11) is 3.26. The molecule has 1 saturated carbocycles. The van der Waals surface area contributed by atoms with Gasteiger partial charge in [0, 0.05) is 18.4 Å². The van der Waals surface area contributed by atoms with E-state index in [4.69, 9.17) is 14.6 Å². The first kappa shape index (κ1) is 16.8. The van der Waals surface area contributed by atoms with Crippen LogP contribution in [0.15, 0.2) is 23.3 Å². The topological polar surface area (TPSA) is 51.1 Å². The van der Waals surface area contributed by atoms with Crippen LogP contribution in [0.2, 0.25) is 0 Å². The number of hydrogen-bond donors (Lipinski definition) is 0. The first-order chi connectivity index (χ1) is 11.7. The molecular weight excluding hydrogens is 304 g/mol. The highest BCUT2D eigenvalue weighted by Crippen LogP contribution is 2.30. The lowest BCUT2D eigenvalue weighted by Crippen LogP contribution is -2.39. The van der Waals surface area contributed by atoms with Crippen molar-refractivity contribution >= 4 is 11.6 Å². The van der Waals surface area contributed by atoms with Crippen LogP contribution in [0.3, 0.4) is 0 Å². The van der Waals surface area contributed by atoms with Crippen LogP contribution in [-0.2, 0) is 4.79 Å². The van der Waals surface area contributed by atoms with Crippen LogP contribution in [-0.4, -0.2) is 36.9 Å². The summed E-state index contributed by atoms with van der Waals surface area (Å²) in [5, 5.41) is 6.50. The predicted molar refractivity (Wildman–Crippen MR) is 93.7 cm³/mol. The Kier molecular flexibility index (Phi) is 5.38. The van der Waals surface area contributed by atoms with Crippen LogP contribution in [0.5, 0.6) is 11.5 Å². The van der Waals surface area contributed by atoms with E-state index < -0.39 is 0 Å². The van der Waals surface area contributed by atoms with E-state index >= 15 is 0 Å². The molecule has 0 unspecified atom stereocenters. The van der Waals surface area contributed by atoms with E-state index in [0.29, 0.717) is 24.3 Å². The molecule has 5 heteroatoms. The van der Waals surface area contributed by atoms with Crippen molar-refractivity contribution in [3.8, 4) is 11.5 Å². The Morgan fingerprint density at radius 2 is 1.71 bits per heavy atom. The van der Waals surface area contributed by atoms with Crippen molar-refractivity contribution in [3.63, 3.8) is 0 Å². The minimum atomic E-state index is 0.158. The number of hydrazone groups is 1. The van der Waals surface area contributed by atoms with Gasteiger partial charge in [-0.1, -0.05) is 25.7 Å². The normalized spacial score (nSPS) is 19.7. The van der Waals surface area contributed by atoms with Gasteiger partial charge in [0.05, 0.1) is 26.0 Å². The molecule has 1 amide bonds. The summed E-state index contributed by atoms with van der Waals surface area (Å²) in [6.07, 6.45) is 8.25. The van der Waals surface area contributed by atoms with Gasteiger partial charge in [-0.15, -0.1) is 0 Å². The lowest BCUT2D eigenvalue weighted by Gasteiger charge is -2.30. The third kappa shape index (κ3) is 3.55. The molecule has 0 bridgehead atoms. The third-order valence-corrected chi connectivity index (χ3v) is 4.95. The minimum Gasteiger partial charge on any atom is -0.493 e. The van der Waals surface area contributed by atoms with E-state index in [9.17, 15) is 4.79 Å². The zero-order valence-corrected chi connectivity index (χ0v) is 14.6. The Bertz CT molecular complexity index is 619. The summed E-state index contributed by atoms with van der Waals surface area (Å²) in [6, 6.07) is 6.08. The molecule has 130 valence electrons. The van der Waals surface area contributed by atoms with Gasteiger partial charge in [0.15, 0.2) is 11.5 Å². The number of nitrogens with zero attached hydrogens (tertiary/aromatic N) is 2. The number of carbonyl (C=O) groups excluding carboxylic acids is 1. The zero-order chi connectivity index (χ0) is 16.9. The van der Waals surface area contributed by atoms with Crippen LogP contribution in [0.1, 0.15) is 56.9 Å². The number of carbonyl (C=O) groups is 1. The Balaban J connectivity index is 1.87.